The fourth-order valence-electron chi connectivity index (χ4n) is 2.57. The number of nitrogens with zero attached hydrogens (tertiary/aromatic N) is 1. The molecule has 17 heavy (non-hydrogen) atoms. The Morgan fingerprint density at radius 2 is 2.12 bits per heavy atom. The van der Waals surface area contributed by atoms with E-state index in [0.29, 0.717) is 5.46 Å². The molecule has 1 atom stereocenters. The summed E-state index contributed by atoms with van der Waals surface area (Å²) in [5, 5.41) is 18.4. The van der Waals surface area contributed by atoms with Gasteiger partial charge < -0.3 is 14.9 Å². The van der Waals surface area contributed by atoms with Crippen LogP contribution in [-0.2, 0) is 0 Å². The molecular formula is C13H20BNO2. The van der Waals surface area contributed by atoms with E-state index in [1.807, 2.05) is 25.1 Å². The molecule has 1 fully saturated rings. The average Bonchev–Trinajstić information content (AvgIpc) is 2.28. The van der Waals surface area contributed by atoms with Crippen LogP contribution in [0.4, 0.5) is 5.69 Å². The summed E-state index contributed by atoms with van der Waals surface area (Å²) >= 11 is 0. The lowest BCUT2D eigenvalue weighted by atomic mass is 9.77. The van der Waals surface area contributed by atoms with Gasteiger partial charge in [0.15, 0.2) is 0 Å². The van der Waals surface area contributed by atoms with Crippen molar-refractivity contribution in [3.63, 3.8) is 0 Å². The van der Waals surface area contributed by atoms with Crippen molar-refractivity contribution in [3.8, 4) is 0 Å². The Bertz CT molecular complexity index is 395. The number of hydrogen-bond donors (Lipinski definition) is 2. The maximum Gasteiger partial charge on any atom is 0.488 e. The van der Waals surface area contributed by atoms with Gasteiger partial charge in [-0.3, -0.25) is 0 Å². The molecule has 1 aliphatic heterocycles. The van der Waals surface area contributed by atoms with Gasteiger partial charge in [0.1, 0.15) is 0 Å². The van der Waals surface area contributed by atoms with Gasteiger partial charge >= 0.3 is 7.12 Å². The summed E-state index contributed by atoms with van der Waals surface area (Å²) in [7, 11) is -1.37. The lowest BCUT2D eigenvalue weighted by Crippen LogP contribution is -2.36. The summed E-state index contributed by atoms with van der Waals surface area (Å²) in [6.07, 6.45) is 2.55. The van der Waals surface area contributed by atoms with Crippen molar-refractivity contribution in [2.24, 2.45) is 5.92 Å². The minimum Gasteiger partial charge on any atom is -0.423 e. The molecule has 0 aliphatic carbocycles. The second kappa shape index (κ2) is 5.11. The molecule has 1 aromatic rings. The Balaban J connectivity index is 2.19. The third-order valence-electron chi connectivity index (χ3n) is 3.55. The van der Waals surface area contributed by atoms with Gasteiger partial charge in [-0.2, -0.15) is 0 Å². The highest BCUT2D eigenvalue weighted by Gasteiger charge is 2.19. The molecular weight excluding hydrogens is 213 g/mol. The molecule has 0 saturated carbocycles. The first-order valence-corrected chi connectivity index (χ1v) is 6.29. The highest BCUT2D eigenvalue weighted by Crippen LogP contribution is 2.23. The summed E-state index contributed by atoms with van der Waals surface area (Å²) in [6.45, 7) is 6.40. The molecule has 1 heterocycles. The summed E-state index contributed by atoms with van der Waals surface area (Å²) < 4.78 is 0. The molecule has 92 valence electrons. The van der Waals surface area contributed by atoms with E-state index in [4.69, 9.17) is 0 Å². The van der Waals surface area contributed by atoms with Gasteiger partial charge in [-0.15, -0.1) is 0 Å². The maximum absolute atomic E-state index is 9.19. The average molecular weight is 233 g/mol. The highest BCUT2D eigenvalue weighted by molar-refractivity contribution is 6.59. The number of hydrogen-bond acceptors (Lipinski definition) is 3. The van der Waals surface area contributed by atoms with Crippen LogP contribution < -0.4 is 10.4 Å². The molecule has 2 rings (SSSR count). The van der Waals surface area contributed by atoms with Crippen molar-refractivity contribution in [1.82, 2.24) is 0 Å². The van der Waals surface area contributed by atoms with E-state index < -0.39 is 7.12 Å². The van der Waals surface area contributed by atoms with E-state index in [1.165, 1.54) is 18.5 Å². The lowest BCUT2D eigenvalue weighted by molar-refractivity contribution is 0.425. The SMILES string of the molecule is Cc1cc(N2CCCC(C)C2)ccc1B(O)O. The monoisotopic (exact) mass is 233 g/mol. The molecule has 0 aromatic heterocycles. The van der Waals surface area contributed by atoms with Gasteiger partial charge in [-0.25, -0.2) is 0 Å². The first-order valence-electron chi connectivity index (χ1n) is 6.29. The summed E-state index contributed by atoms with van der Waals surface area (Å²) in [4.78, 5) is 2.38. The van der Waals surface area contributed by atoms with E-state index >= 15 is 0 Å². The second-order valence-corrected chi connectivity index (χ2v) is 5.11. The van der Waals surface area contributed by atoms with Crippen LogP contribution in [0.25, 0.3) is 0 Å². The third-order valence-corrected chi connectivity index (χ3v) is 3.55. The topological polar surface area (TPSA) is 43.7 Å². The van der Waals surface area contributed by atoms with Crippen molar-refractivity contribution < 1.29 is 10.0 Å². The van der Waals surface area contributed by atoms with Crippen molar-refractivity contribution in [2.75, 3.05) is 18.0 Å². The fraction of sp³-hybridized carbons (Fsp3) is 0.538. The molecule has 0 radical (unpaired) electrons. The Morgan fingerprint density at radius 3 is 2.71 bits per heavy atom. The highest BCUT2D eigenvalue weighted by atomic mass is 16.4. The van der Waals surface area contributed by atoms with Crippen molar-refractivity contribution in [1.29, 1.82) is 0 Å². The molecule has 4 heteroatoms. The second-order valence-electron chi connectivity index (χ2n) is 5.11. The van der Waals surface area contributed by atoms with Crippen LogP contribution in [0.1, 0.15) is 25.3 Å². The van der Waals surface area contributed by atoms with E-state index in [1.54, 1.807) is 0 Å². The van der Waals surface area contributed by atoms with E-state index in [0.717, 1.165) is 24.6 Å². The predicted molar refractivity (Wildman–Crippen MR) is 71.6 cm³/mol. The van der Waals surface area contributed by atoms with Crippen molar-refractivity contribution >= 4 is 18.3 Å². The molecule has 0 amide bonds. The van der Waals surface area contributed by atoms with Crippen LogP contribution in [0.5, 0.6) is 0 Å². The number of piperidine rings is 1. The van der Waals surface area contributed by atoms with Crippen molar-refractivity contribution in [3.05, 3.63) is 23.8 Å². The van der Waals surface area contributed by atoms with E-state index in [-0.39, 0.29) is 0 Å². The van der Waals surface area contributed by atoms with Gasteiger partial charge in [-0.05, 0) is 48.8 Å². The molecule has 1 saturated heterocycles. The normalized spacial score (nSPS) is 20.5. The minimum atomic E-state index is -1.37. The van der Waals surface area contributed by atoms with Crippen LogP contribution in [0.3, 0.4) is 0 Å². The number of aryl methyl sites for hydroxylation is 1. The first-order chi connectivity index (χ1) is 8.08. The third kappa shape index (κ3) is 2.82. The zero-order valence-electron chi connectivity index (χ0n) is 10.6. The van der Waals surface area contributed by atoms with Gasteiger partial charge in [0.25, 0.3) is 0 Å². The molecule has 0 bridgehead atoms. The molecule has 1 aliphatic rings. The van der Waals surface area contributed by atoms with Crippen LogP contribution in [0.15, 0.2) is 18.2 Å². The van der Waals surface area contributed by atoms with Crippen LogP contribution in [-0.4, -0.2) is 30.3 Å². The summed E-state index contributed by atoms with van der Waals surface area (Å²) in [5.41, 5.74) is 2.73. The molecule has 1 aromatic carbocycles. The number of benzene rings is 1. The largest absolute Gasteiger partial charge is 0.488 e. The molecule has 2 N–H and O–H groups in total. The molecule has 0 spiro atoms. The van der Waals surface area contributed by atoms with E-state index in [9.17, 15) is 10.0 Å². The van der Waals surface area contributed by atoms with Crippen molar-refractivity contribution in [2.45, 2.75) is 26.7 Å². The summed E-state index contributed by atoms with van der Waals surface area (Å²) in [5.74, 6) is 0.743. The zero-order chi connectivity index (χ0) is 12.4. The Hall–Kier alpha value is -0.995. The number of rotatable bonds is 2. The van der Waals surface area contributed by atoms with Gasteiger partial charge in [0, 0.05) is 18.8 Å². The van der Waals surface area contributed by atoms with Gasteiger partial charge in [0.05, 0.1) is 0 Å². The van der Waals surface area contributed by atoms with Gasteiger partial charge in [-0.1, -0.05) is 13.0 Å². The minimum absolute atomic E-state index is 0.596. The Kier molecular flexibility index (Phi) is 3.74. The fourth-order valence-corrected chi connectivity index (χ4v) is 2.57. The molecule has 3 nitrogen and oxygen atoms in total. The maximum atomic E-state index is 9.19. The van der Waals surface area contributed by atoms with Crippen LogP contribution >= 0.6 is 0 Å². The van der Waals surface area contributed by atoms with Crippen LogP contribution in [0.2, 0.25) is 0 Å². The zero-order valence-corrected chi connectivity index (χ0v) is 10.6. The Labute approximate surface area is 103 Å². The Morgan fingerprint density at radius 1 is 1.35 bits per heavy atom. The quantitative estimate of drug-likeness (QED) is 0.746. The number of anilines is 1. The first kappa shape index (κ1) is 12.5. The lowest BCUT2D eigenvalue weighted by Gasteiger charge is -2.33. The predicted octanol–water partition coefficient (Wildman–Crippen LogP) is 0.911. The van der Waals surface area contributed by atoms with Gasteiger partial charge in [0.2, 0.25) is 0 Å². The van der Waals surface area contributed by atoms with Crippen LogP contribution in [0, 0.1) is 12.8 Å². The smallest absolute Gasteiger partial charge is 0.423 e. The van der Waals surface area contributed by atoms with E-state index in [2.05, 4.69) is 11.8 Å². The molecule has 1 unspecified atom stereocenters. The standard InChI is InChI=1S/C13H20BNO2/c1-10-4-3-7-15(9-10)12-5-6-13(14(16)17)11(2)8-12/h5-6,8,10,16-17H,3-4,7,9H2,1-2H3. The summed E-state index contributed by atoms with van der Waals surface area (Å²) in [6, 6.07) is 5.85.